The van der Waals surface area contributed by atoms with Crippen LogP contribution in [0.25, 0.3) is 11.1 Å². The van der Waals surface area contributed by atoms with Crippen molar-refractivity contribution in [3.05, 3.63) is 54.1 Å². The van der Waals surface area contributed by atoms with Crippen LogP contribution in [0.3, 0.4) is 0 Å². The molecule has 0 bridgehead atoms. The predicted molar refractivity (Wildman–Crippen MR) is 111 cm³/mol. The van der Waals surface area contributed by atoms with Crippen molar-refractivity contribution in [1.29, 1.82) is 5.26 Å². The van der Waals surface area contributed by atoms with Crippen LogP contribution < -0.4 is 21.7 Å². The Morgan fingerprint density at radius 2 is 1.86 bits per heavy atom. The SMILES string of the molecule is CC1CC(C)NC(C(CN)C(=O)Nc2cccc(-c3ccc(C#N)cc3)c2)N1. The quantitative estimate of drug-likeness (QED) is 0.641. The molecule has 3 rings (SSSR count). The number of nitrogens with zero attached hydrogens (tertiary/aromatic N) is 1. The number of carbonyl (C=O) groups excluding carboxylic acids is 1. The Bertz CT molecular complexity index is 848. The first-order valence-corrected chi connectivity index (χ1v) is 9.63. The lowest BCUT2D eigenvalue weighted by Crippen LogP contribution is -2.62. The molecule has 0 spiro atoms. The van der Waals surface area contributed by atoms with Gasteiger partial charge in [-0.2, -0.15) is 5.26 Å². The summed E-state index contributed by atoms with van der Waals surface area (Å²) < 4.78 is 0. The molecule has 1 fully saturated rings. The molecule has 1 amide bonds. The van der Waals surface area contributed by atoms with E-state index < -0.39 is 0 Å². The van der Waals surface area contributed by atoms with Crippen LogP contribution in [0.5, 0.6) is 0 Å². The zero-order valence-electron chi connectivity index (χ0n) is 16.3. The van der Waals surface area contributed by atoms with Gasteiger partial charge in [-0.25, -0.2) is 0 Å². The van der Waals surface area contributed by atoms with E-state index in [1.165, 1.54) is 0 Å². The van der Waals surface area contributed by atoms with Gasteiger partial charge >= 0.3 is 0 Å². The highest BCUT2D eigenvalue weighted by atomic mass is 16.2. The number of nitrogens with two attached hydrogens (primary N) is 1. The lowest BCUT2D eigenvalue weighted by molar-refractivity contribution is -0.121. The fourth-order valence-corrected chi connectivity index (χ4v) is 3.70. The molecule has 6 nitrogen and oxygen atoms in total. The lowest BCUT2D eigenvalue weighted by Gasteiger charge is -2.38. The van der Waals surface area contributed by atoms with Crippen LogP contribution in [-0.4, -0.2) is 30.7 Å². The van der Waals surface area contributed by atoms with Gasteiger partial charge in [0.05, 0.1) is 23.7 Å². The van der Waals surface area contributed by atoms with E-state index in [0.717, 1.165) is 23.2 Å². The second-order valence-corrected chi connectivity index (χ2v) is 7.45. The van der Waals surface area contributed by atoms with Crippen molar-refractivity contribution in [3.63, 3.8) is 0 Å². The van der Waals surface area contributed by atoms with Gasteiger partial charge in [0.15, 0.2) is 0 Å². The Kier molecular flexibility index (Phi) is 6.42. The minimum atomic E-state index is -0.372. The highest BCUT2D eigenvalue weighted by Gasteiger charge is 2.32. The first-order chi connectivity index (χ1) is 13.5. The van der Waals surface area contributed by atoms with E-state index in [1.54, 1.807) is 12.1 Å². The number of hydrogen-bond acceptors (Lipinski definition) is 5. The zero-order chi connectivity index (χ0) is 20.1. The van der Waals surface area contributed by atoms with Crippen molar-refractivity contribution in [2.45, 2.75) is 38.5 Å². The zero-order valence-corrected chi connectivity index (χ0v) is 16.3. The van der Waals surface area contributed by atoms with Gasteiger partial charge in [-0.15, -0.1) is 0 Å². The smallest absolute Gasteiger partial charge is 0.231 e. The normalized spacial score (nSPS) is 22.9. The minimum Gasteiger partial charge on any atom is -0.330 e. The molecule has 2 aromatic rings. The van der Waals surface area contributed by atoms with Gasteiger partial charge in [-0.05, 0) is 55.7 Å². The Morgan fingerprint density at radius 1 is 1.18 bits per heavy atom. The summed E-state index contributed by atoms with van der Waals surface area (Å²) in [6, 6.07) is 17.8. The number of rotatable bonds is 5. The highest BCUT2D eigenvalue weighted by Crippen LogP contribution is 2.23. The van der Waals surface area contributed by atoms with E-state index >= 15 is 0 Å². The van der Waals surface area contributed by atoms with E-state index in [2.05, 4.69) is 35.9 Å². The molecule has 1 aliphatic rings. The molecule has 0 saturated carbocycles. The maximum absolute atomic E-state index is 12.9. The van der Waals surface area contributed by atoms with Crippen molar-refractivity contribution in [2.75, 3.05) is 11.9 Å². The summed E-state index contributed by atoms with van der Waals surface area (Å²) in [5.74, 6) is -0.477. The molecule has 6 heteroatoms. The van der Waals surface area contributed by atoms with Crippen LogP contribution in [0.1, 0.15) is 25.8 Å². The Labute approximate surface area is 166 Å². The maximum Gasteiger partial charge on any atom is 0.231 e. The molecule has 3 unspecified atom stereocenters. The van der Waals surface area contributed by atoms with Crippen LogP contribution in [0, 0.1) is 17.2 Å². The summed E-state index contributed by atoms with van der Waals surface area (Å²) in [6.07, 6.45) is 0.868. The fraction of sp³-hybridized carbons (Fsp3) is 0.364. The summed E-state index contributed by atoms with van der Waals surface area (Å²) in [5.41, 5.74) is 9.24. The van der Waals surface area contributed by atoms with Crippen molar-refractivity contribution in [3.8, 4) is 17.2 Å². The van der Waals surface area contributed by atoms with E-state index in [9.17, 15) is 4.79 Å². The molecule has 0 aliphatic carbocycles. The standard InChI is InChI=1S/C22H27N5O/c1-14-10-15(2)26-21(25-14)20(13-24)22(28)27-19-5-3-4-18(11-19)17-8-6-16(12-23)7-9-17/h3-9,11,14-15,20-21,25-26H,10,13,24H2,1-2H3,(H,27,28). The molecule has 1 saturated heterocycles. The molecular weight excluding hydrogens is 350 g/mol. The number of hydrogen-bond donors (Lipinski definition) is 4. The third-order valence-electron chi connectivity index (χ3n) is 5.11. The van der Waals surface area contributed by atoms with Gasteiger partial charge in [0.25, 0.3) is 0 Å². The summed E-state index contributed by atoms with van der Waals surface area (Å²) >= 11 is 0. The first-order valence-electron chi connectivity index (χ1n) is 9.63. The molecule has 1 aliphatic heterocycles. The predicted octanol–water partition coefficient (Wildman–Crippen LogP) is 2.42. The van der Waals surface area contributed by atoms with Crippen molar-refractivity contribution < 1.29 is 4.79 Å². The molecule has 3 atom stereocenters. The van der Waals surface area contributed by atoms with Crippen molar-refractivity contribution in [1.82, 2.24) is 10.6 Å². The van der Waals surface area contributed by atoms with Crippen molar-refractivity contribution >= 4 is 11.6 Å². The topological polar surface area (TPSA) is 103 Å². The van der Waals surface area contributed by atoms with E-state index in [4.69, 9.17) is 11.0 Å². The summed E-state index contributed by atoms with van der Waals surface area (Å²) in [7, 11) is 0. The molecular formula is C22H27N5O. The van der Waals surface area contributed by atoms with Gasteiger partial charge < -0.3 is 11.1 Å². The van der Waals surface area contributed by atoms with Gasteiger partial charge in [-0.1, -0.05) is 24.3 Å². The number of nitrogens with one attached hydrogen (secondary N) is 3. The summed E-state index contributed by atoms with van der Waals surface area (Å²) in [6.45, 7) is 4.50. The lowest BCUT2D eigenvalue weighted by atomic mass is 9.97. The number of anilines is 1. The van der Waals surface area contributed by atoms with E-state index in [1.807, 2.05) is 36.4 Å². The van der Waals surface area contributed by atoms with Gasteiger partial charge in [0.1, 0.15) is 0 Å². The van der Waals surface area contributed by atoms with Crippen LogP contribution in [0.2, 0.25) is 0 Å². The number of nitriles is 1. The summed E-state index contributed by atoms with van der Waals surface area (Å²) in [5, 5.41) is 18.8. The first kappa shape index (κ1) is 20.0. The highest BCUT2D eigenvalue weighted by molar-refractivity contribution is 5.93. The van der Waals surface area contributed by atoms with Crippen LogP contribution in [-0.2, 0) is 4.79 Å². The molecule has 28 heavy (non-hydrogen) atoms. The third-order valence-corrected chi connectivity index (χ3v) is 5.11. The molecule has 0 aromatic heterocycles. The second kappa shape index (κ2) is 8.98. The number of carbonyl (C=O) groups is 1. The van der Waals surface area contributed by atoms with Gasteiger partial charge in [0.2, 0.25) is 5.91 Å². The average Bonchev–Trinajstić information content (AvgIpc) is 2.68. The van der Waals surface area contributed by atoms with Crippen molar-refractivity contribution in [2.24, 2.45) is 11.7 Å². The Hall–Kier alpha value is -2.72. The average molecular weight is 377 g/mol. The molecule has 0 radical (unpaired) electrons. The van der Waals surface area contributed by atoms with Gasteiger partial charge in [-0.3, -0.25) is 15.4 Å². The second-order valence-electron chi connectivity index (χ2n) is 7.45. The van der Waals surface area contributed by atoms with Gasteiger partial charge in [0, 0.05) is 24.3 Å². The Morgan fingerprint density at radius 3 is 2.46 bits per heavy atom. The largest absolute Gasteiger partial charge is 0.330 e. The molecule has 1 heterocycles. The van der Waals surface area contributed by atoms with Crippen LogP contribution in [0.4, 0.5) is 5.69 Å². The molecule has 146 valence electrons. The number of amides is 1. The fourth-order valence-electron chi connectivity index (χ4n) is 3.70. The van der Waals surface area contributed by atoms with Crippen LogP contribution >= 0.6 is 0 Å². The monoisotopic (exact) mass is 377 g/mol. The molecule has 2 aromatic carbocycles. The Balaban J connectivity index is 1.73. The van der Waals surface area contributed by atoms with Crippen LogP contribution in [0.15, 0.2) is 48.5 Å². The number of benzene rings is 2. The van der Waals surface area contributed by atoms with E-state index in [-0.39, 0.29) is 24.5 Å². The maximum atomic E-state index is 12.9. The summed E-state index contributed by atoms with van der Waals surface area (Å²) in [4.78, 5) is 12.9. The van der Waals surface area contributed by atoms with E-state index in [0.29, 0.717) is 17.6 Å². The minimum absolute atomic E-state index is 0.106. The molecule has 5 N–H and O–H groups in total. The third kappa shape index (κ3) is 4.76.